The van der Waals surface area contributed by atoms with Crippen molar-refractivity contribution in [2.45, 2.75) is 124 Å². The summed E-state index contributed by atoms with van der Waals surface area (Å²) in [5.74, 6) is -0.537. The summed E-state index contributed by atoms with van der Waals surface area (Å²) in [7, 11) is 0. The molecule has 0 aromatic heterocycles. The fourth-order valence-corrected chi connectivity index (χ4v) is 3.30. The molecule has 0 aliphatic carbocycles. The lowest BCUT2D eigenvalue weighted by Gasteiger charge is -2.26. The van der Waals surface area contributed by atoms with E-state index in [0.29, 0.717) is 12.3 Å². The Balaban J connectivity index is 4.54. The van der Waals surface area contributed by atoms with Gasteiger partial charge in [-0.15, -0.1) is 0 Å². The fraction of sp³-hybridized carbons (Fsp3) is 0.909. The van der Waals surface area contributed by atoms with E-state index >= 15 is 0 Å². The van der Waals surface area contributed by atoms with Crippen LogP contribution in [-0.2, 0) is 14.3 Å². The van der Waals surface area contributed by atoms with Crippen LogP contribution in [0, 0.1) is 5.92 Å². The number of hydrogen-bond acceptors (Lipinski definition) is 3. The number of rotatable bonds is 17. The molecule has 2 atom stereocenters. The first kappa shape index (κ1) is 24.1. The Bertz CT molecular complexity index is 338. The van der Waals surface area contributed by atoms with Gasteiger partial charge in [0.2, 0.25) is 5.78 Å². The second-order valence-electron chi connectivity index (χ2n) is 7.34. The maximum atomic E-state index is 12.2. The number of carbonyl (C=O) groups excluding carboxylic acids is 2. The van der Waals surface area contributed by atoms with Crippen molar-refractivity contribution in [1.82, 2.24) is 0 Å². The molecule has 0 amide bonds. The third kappa shape index (κ3) is 12.2. The Morgan fingerprint density at radius 1 is 0.720 bits per heavy atom. The summed E-state index contributed by atoms with van der Waals surface area (Å²) >= 11 is 0. The molecule has 3 nitrogen and oxygen atoms in total. The third-order valence-electron chi connectivity index (χ3n) is 5.06. The lowest BCUT2D eigenvalue weighted by Crippen LogP contribution is -2.30. The summed E-state index contributed by atoms with van der Waals surface area (Å²) in [5, 5.41) is 0. The van der Waals surface area contributed by atoms with Gasteiger partial charge in [-0.1, -0.05) is 79.1 Å². The Morgan fingerprint density at radius 2 is 1.32 bits per heavy atom. The van der Waals surface area contributed by atoms with Crippen molar-refractivity contribution >= 4 is 11.8 Å². The second-order valence-corrected chi connectivity index (χ2v) is 7.34. The zero-order valence-electron chi connectivity index (χ0n) is 17.3. The zero-order valence-corrected chi connectivity index (χ0v) is 17.3. The molecule has 0 fully saturated rings. The lowest BCUT2D eigenvalue weighted by atomic mass is 9.90. The maximum absolute atomic E-state index is 12.2. The van der Waals surface area contributed by atoms with Gasteiger partial charge in [-0.25, -0.2) is 4.79 Å². The number of unbranched alkanes of at least 4 members (excludes halogenated alkanes) is 7. The average Bonchev–Trinajstić information content (AvgIpc) is 2.62. The van der Waals surface area contributed by atoms with Crippen molar-refractivity contribution in [3.05, 3.63) is 0 Å². The van der Waals surface area contributed by atoms with Crippen LogP contribution < -0.4 is 0 Å². The van der Waals surface area contributed by atoms with Crippen LogP contribution in [0.3, 0.4) is 0 Å². The van der Waals surface area contributed by atoms with E-state index < -0.39 is 5.97 Å². The minimum atomic E-state index is -0.591. The molecule has 0 N–H and O–H groups in total. The van der Waals surface area contributed by atoms with Crippen molar-refractivity contribution in [1.29, 1.82) is 0 Å². The van der Waals surface area contributed by atoms with E-state index in [1.807, 2.05) is 0 Å². The van der Waals surface area contributed by atoms with Crippen LogP contribution in [0.1, 0.15) is 118 Å². The first-order valence-electron chi connectivity index (χ1n) is 10.8. The monoisotopic (exact) mass is 354 g/mol. The predicted octanol–water partition coefficient (Wildman–Crippen LogP) is 6.62. The van der Waals surface area contributed by atoms with Crippen LogP contribution in [0.15, 0.2) is 0 Å². The molecule has 0 spiro atoms. The van der Waals surface area contributed by atoms with E-state index in [0.717, 1.165) is 64.2 Å². The molecule has 148 valence electrons. The summed E-state index contributed by atoms with van der Waals surface area (Å²) in [4.78, 5) is 24.3. The highest BCUT2D eigenvalue weighted by molar-refractivity contribution is 6.33. The Hall–Kier alpha value is -0.860. The topological polar surface area (TPSA) is 43.4 Å². The molecule has 0 aromatic carbocycles. The molecule has 3 heteroatoms. The SMILES string of the molecule is CCCCCCC(=O)C(=O)OC(CCCCCC)C(CC)CCCC. The van der Waals surface area contributed by atoms with Crippen molar-refractivity contribution in [2.24, 2.45) is 5.92 Å². The van der Waals surface area contributed by atoms with Crippen molar-refractivity contribution in [2.75, 3.05) is 0 Å². The number of Topliss-reactive ketones (excluding diaryl/α,β-unsaturated/α-hetero) is 1. The molecular weight excluding hydrogens is 312 g/mol. The molecular formula is C22H42O3. The second kappa shape index (κ2) is 16.6. The van der Waals surface area contributed by atoms with Crippen molar-refractivity contribution in [3.8, 4) is 0 Å². The first-order chi connectivity index (χ1) is 12.1. The first-order valence-corrected chi connectivity index (χ1v) is 10.8. The molecule has 0 aromatic rings. The van der Waals surface area contributed by atoms with Crippen molar-refractivity contribution < 1.29 is 14.3 Å². The van der Waals surface area contributed by atoms with E-state index in [1.54, 1.807) is 0 Å². The molecule has 0 bridgehead atoms. The zero-order chi connectivity index (χ0) is 18.9. The number of ether oxygens (including phenoxy) is 1. The Kier molecular flexibility index (Phi) is 16.0. The summed E-state index contributed by atoms with van der Waals surface area (Å²) in [6.45, 7) is 8.69. The van der Waals surface area contributed by atoms with Crippen LogP contribution in [0.5, 0.6) is 0 Å². The van der Waals surface area contributed by atoms with Crippen molar-refractivity contribution in [3.63, 3.8) is 0 Å². The maximum Gasteiger partial charge on any atom is 0.374 e. The molecule has 0 rings (SSSR count). The Morgan fingerprint density at radius 3 is 1.88 bits per heavy atom. The van der Waals surface area contributed by atoms with Crippen LogP contribution in [0.2, 0.25) is 0 Å². The number of esters is 1. The van der Waals surface area contributed by atoms with Gasteiger partial charge in [0.25, 0.3) is 0 Å². The van der Waals surface area contributed by atoms with Gasteiger partial charge in [-0.2, -0.15) is 0 Å². The van der Waals surface area contributed by atoms with E-state index in [4.69, 9.17) is 4.74 Å². The molecule has 0 aliphatic heterocycles. The van der Waals surface area contributed by atoms with Gasteiger partial charge < -0.3 is 4.74 Å². The molecule has 0 saturated heterocycles. The minimum absolute atomic E-state index is 0.0829. The highest BCUT2D eigenvalue weighted by Gasteiger charge is 2.26. The molecule has 0 heterocycles. The number of ketones is 1. The molecule has 0 radical (unpaired) electrons. The largest absolute Gasteiger partial charge is 0.456 e. The predicted molar refractivity (Wildman–Crippen MR) is 106 cm³/mol. The lowest BCUT2D eigenvalue weighted by molar-refractivity contribution is -0.160. The Labute approximate surface area is 156 Å². The minimum Gasteiger partial charge on any atom is -0.456 e. The average molecular weight is 355 g/mol. The summed E-state index contributed by atoms with van der Waals surface area (Å²) < 4.78 is 5.71. The van der Waals surface area contributed by atoms with Crippen LogP contribution in [-0.4, -0.2) is 17.9 Å². The molecule has 25 heavy (non-hydrogen) atoms. The summed E-state index contributed by atoms with van der Waals surface area (Å²) in [5.41, 5.74) is 0. The quantitative estimate of drug-likeness (QED) is 0.167. The molecule has 0 aliphatic rings. The van der Waals surface area contributed by atoms with Gasteiger partial charge >= 0.3 is 5.97 Å². The van der Waals surface area contributed by atoms with E-state index in [9.17, 15) is 9.59 Å². The van der Waals surface area contributed by atoms with Gasteiger partial charge in [-0.05, 0) is 38.0 Å². The van der Waals surface area contributed by atoms with Gasteiger partial charge in [-0.3, -0.25) is 4.79 Å². The van der Waals surface area contributed by atoms with Gasteiger partial charge in [0.1, 0.15) is 6.10 Å². The van der Waals surface area contributed by atoms with Gasteiger partial charge in [0, 0.05) is 6.42 Å². The summed E-state index contributed by atoms with van der Waals surface area (Å²) in [6.07, 6.45) is 14.3. The fourth-order valence-electron chi connectivity index (χ4n) is 3.30. The van der Waals surface area contributed by atoms with Gasteiger partial charge in [0.05, 0.1) is 0 Å². The smallest absolute Gasteiger partial charge is 0.374 e. The van der Waals surface area contributed by atoms with Crippen LogP contribution in [0.4, 0.5) is 0 Å². The highest BCUT2D eigenvalue weighted by Crippen LogP contribution is 2.24. The molecule has 2 unspecified atom stereocenters. The van der Waals surface area contributed by atoms with Gasteiger partial charge in [0.15, 0.2) is 0 Å². The normalized spacial score (nSPS) is 13.4. The standard InChI is InChI=1S/C22H42O3/c1-5-9-12-14-17-20(23)22(24)25-21(18-15-13-10-6-2)19(8-4)16-11-7-3/h19,21H,5-18H2,1-4H3. The van der Waals surface area contributed by atoms with Crippen LogP contribution in [0.25, 0.3) is 0 Å². The van der Waals surface area contributed by atoms with E-state index in [1.165, 1.54) is 19.3 Å². The number of hydrogen-bond donors (Lipinski definition) is 0. The van der Waals surface area contributed by atoms with Crippen LogP contribution >= 0.6 is 0 Å². The molecule has 0 saturated carbocycles. The third-order valence-corrected chi connectivity index (χ3v) is 5.06. The van der Waals surface area contributed by atoms with E-state index in [-0.39, 0.29) is 11.9 Å². The summed E-state index contributed by atoms with van der Waals surface area (Å²) in [6, 6.07) is 0. The number of carbonyl (C=O) groups is 2. The highest BCUT2D eigenvalue weighted by atomic mass is 16.5. The van der Waals surface area contributed by atoms with E-state index in [2.05, 4.69) is 27.7 Å².